The lowest BCUT2D eigenvalue weighted by atomic mass is 9.95. The molecule has 158 valence electrons. The molecule has 1 unspecified atom stereocenters. The van der Waals surface area contributed by atoms with Crippen molar-refractivity contribution in [1.82, 2.24) is 14.7 Å². The van der Waals surface area contributed by atoms with Gasteiger partial charge in [0.25, 0.3) is 5.91 Å². The van der Waals surface area contributed by atoms with Gasteiger partial charge in [0.2, 0.25) is 0 Å². The molecule has 4 rings (SSSR count). The molecule has 0 radical (unpaired) electrons. The first kappa shape index (κ1) is 20.2. The third-order valence-electron chi connectivity index (χ3n) is 6.53. The Morgan fingerprint density at radius 2 is 1.97 bits per heavy atom. The summed E-state index contributed by atoms with van der Waals surface area (Å²) in [6.45, 7) is 4.24. The van der Waals surface area contributed by atoms with E-state index in [9.17, 15) is 4.79 Å². The van der Waals surface area contributed by atoms with E-state index < -0.39 is 0 Å². The van der Waals surface area contributed by atoms with Crippen LogP contribution in [0.2, 0.25) is 0 Å². The molecular formula is C22H32N4O3. The zero-order valence-electron chi connectivity index (χ0n) is 17.8. The molecular weight excluding hydrogens is 368 g/mol. The maximum atomic E-state index is 12.9. The Bertz CT molecular complexity index is 756. The molecule has 1 atom stereocenters. The summed E-state index contributed by atoms with van der Waals surface area (Å²) in [6, 6.07) is 8.75. The molecule has 3 aliphatic heterocycles. The molecule has 0 N–H and O–H groups in total. The highest BCUT2D eigenvalue weighted by Gasteiger charge is 2.47. The van der Waals surface area contributed by atoms with Gasteiger partial charge in [-0.2, -0.15) is 0 Å². The van der Waals surface area contributed by atoms with Gasteiger partial charge in [0, 0.05) is 51.6 Å². The Morgan fingerprint density at radius 3 is 2.62 bits per heavy atom. The molecule has 0 aliphatic carbocycles. The minimum absolute atomic E-state index is 0.0627. The smallest absolute Gasteiger partial charge is 0.271 e. The van der Waals surface area contributed by atoms with E-state index in [0.717, 1.165) is 57.7 Å². The van der Waals surface area contributed by atoms with E-state index in [0.29, 0.717) is 18.2 Å². The van der Waals surface area contributed by atoms with E-state index in [1.54, 1.807) is 7.11 Å². The molecule has 7 heteroatoms. The van der Waals surface area contributed by atoms with Crippen LogP contribution in [0.1, 0.15) is 31.2 Å². The van der Waals surface area contributed by atoms with Crippen LogP contribution in [0.5, 0.6) is 5.75 Å². The number of benzene rings is 1. The van der Waals surface area contributed by atoms with E-state index in [1.807, 2.05) is 17.0 Å². The van der Waals surface area contributed by atoms with Crippen LogP contribution in [0, 0.1) is 0 Å². The van der Waals surface area contributed by atoms with Gasteiger partial charge >= 0.3 is 0 Å². The molecule has 0 bridgehead atoms. The molecule has 29 heavy (non-hydrogen) atoms. The lowest BCUT2D eigenvalue weighted by Crippen LogP contribution is -2.47. The number of nitrogens with zero attached hydrogens (tertiary/aromatic N) is 4. The molecule has 0 aromatic heterocycles. The molecule has 1 spiro atoms. The summed E-state index contributed by atoms with van der Waals surface area (Å²) < 4.78 is 5.23. The first-order chi connectivity index (χ1) is 14.0. The monoisotopic (exact) mass is 400 g/mol. The summed E-state index contributed by atoms with van der Waals surface area (Å²) in [5, 5.41) is 4.24. The topological polar surface area (TPSA) is 57.6 Å². The Balaban J connectivity index is 1.29. The summed E-state index contributed by atoms with van der Waals surface area (Å²) in [6.07, 6.45) is 3.58. The molecule has 1 aromatic carbocycles. The quantitative estimate of drug-likeness (QED) is 0.756. The highest BCUT2D eigenvalue weighted by Crippen LogP contribution is 2.35. The van der Waals surface area contributed by atoms with Crippen molar-refractivity contribution < 1.29 is 14.4 Å². The number of likely N-dealkylation sites (tertiary alicyclic amines) is 2. The normalized spacial score (nSPS) is 25.5. The second-order valence-corrected chi connectivity index (χ2v) is 8.78. The van der Waals surface area contributed by atoms with Gasteiger partial charge in [-0.25, -0.2) is 0 Å². The molecule has 3 heterocycles. The number of rotatable bonds is 5. The summed E-state index contributed by atoms with van der Waals surface area (Å²) in [5.74, 6) is 0.935. The van der Waals surface area contributed by atoms with Gasteiger partial charge in [-0.05, 0) is 44.6 Å². The minimum Gasteiger partial charge on any atom is -0.497 e. The number of ether oxygens (including phenoxy) is 1. The molecule has 2 saturated heterocycles. The first-order valence-corrected chi connectivity index (χ1v) is 10.5. The van der Waals surface area contributed by atoms with Crippen molar-refractivity contribution in [1.29, 1.82) is 0 Å². The summed E-state index contributed by atoms with van der Waals surface area (Å²) in [7, 11) is 5.90. The number of methoxy groups -OCH3 is 1. The van der Waals surface area contributed by atoms with Crippen LogP contribution in [0.4, 0.5) is 0 Å². The number of piperidine rings is 1. The highest BCUT2D eigenvalue weighted by molar-refractivity contribution is 6.39. The van der Waals surface area contributed by atoms with Crippen LogP contribution in [-0.2, 0) is 16.2 Å². The Hall–Kier alpha value is -2.12. The molecule has 2 fully saturated rings. The van der Waals surface area contributed by atoms with Gasteiger partial charge < -0.3 is 19.4 Å². The molecule has 0 saturated carbocycles. The number of carbonyl (C=O) groups is 1. The summed E-state index contributed by atoms with van der Waals surface area (Å²) in [5.41, 5.74) is 1.51. The van der Waals surface area contributed by atoms with Crippen LogP contribution < -0.4 is 4.74 Å². The van der Waals surface area contributed by atoms with E-state index >= 15 is 0 Å². The number of hydrogen-bond acceptors (Lipinski definition) is 6. The molecule has 1 aromatic rings. The van der Waals surface area contributed by atoms with Crippen molar-refractivity contribution in [2.75, 3.05) is 47.4 Å². The maximum Gasteiger partial charge on any atom is 0.271 e. The lowest BCUT2D eigenvalue weighted by molar-refractivity contribution is -0.125. The van der Waals surface area contributed by atoms with Crippen molar-refractivity contribution in [2.45, 2.75) is 43.9 Å². The zero-order valence-corrected chi connectivity index (χ0v) is 17.8. The van der Waals surface area contributed by atoms with Crippen molar-refractivity contribution in [2.24, 2.45) is 5.16 Å². The number of hydrogen-bond donors (Lipinski definition) is 0. The van der Waals surface area contributed by atoms with Crippen LogP contribution in [-0.4, -0.2) is 85.3 Å². The predicted molar refractivity (Wildman–Crippen MR) is 112 cm³/mol. The standard InChI is InChI=1S/C22H32N4O3/c1-24(2)18-8-11-26(12-9-18)21(27)20-14-22(29-23-20)10-13-25(16-22)15-17-4-6-19(28-3)7-5-17/h4-7,18H,8-16H2,1-3H3. The van der Waals surface area contributed by atoms with Crippen molar-refractivity contribution in [3.05, 3.63) is 29.8 Å². The van der Waals surface area contributed by atoms with Crippen LogP contribution in [0.3, 0.4) is 0 Å². The van der Waals surface area contributed by atoms with E-state index in [-0.39, 0.29) is 11.5 Å². The fourth-order valence-corrected chi connectivity index (χ4v) is 4.67. The van der Waals surface area contributed by atoms with Crippen molar-refractivity contribution in [3.63, 3.8) is 0 Å². The third-order valence-corrected chi connectivity index (χ3v) is 6.53. The lowest BCUT2D eigenvalue weighted by Gasteiger charge is -2.35. The fraction of sp³-hybridized carbons (Fsp3) is 0.636. The van der Waals surface area contributed by atoms with Crippen LogP contribution >= 0.6 is 0 Å². The predicted octanol–water partition coefficient (Wildman–Crippen LogP) is 1.97. The van der Waals surface area contributed by atoms with E-state index in [2.05, 4.69) is 41.2 Å². The van der Waals surface area contributed by atoms with Gasteiger partial charge in [-0.3, -0.25) is 9.69 Å². The summed E-state index contributed by atoms with van der Waals surface area (Å²) in [4.78, 5) is 25.4. The zero-order chi connectivity index (χ0) is 20.4. The average Bonchev–Trinajstić information content (AvgIpc) is 3.34. The minimum atomic E-state index is -0.334. The first-order valence-electron chi connectivity index (χ1n) is 10.5. The van der Waals surface area contributed by atoms with Crippen LogP contribution in [0.25, 0.3) is 0 Å². The Labute approximate surface area is 173 Å². The summed E-state index contributed by atoms with van der Waals surface area (Å²) >= 11 is 0. The third kappa shape index (κ3) is 4.41. The van der Waals surface area contributed by atoms with Gasteiger partial charge in [0.1, 0.15) is 11.5 Å². The molecule has 3 aliphatic rings. The molecule has 7 nitrogen and oxygen atoms in total. The van der Waals surface area contributed by atoms with Gasteiger partial charge in [0.05, 0.1) is 7.11 Å². The van der Waals surface area contributed by atoms with Crippen LogP contribution in [0.15, 0.2) is 29.4 Å². The van der Waals surface area contributed by atoms with Gasteiger partial charge in [-0.1, -0.05) is 17.3 Å². The van der Waals surface area contributed by atoms with Crippen molar-refractivity contribution >= 4 is 11.6 Å². The highest BCUT2D eigenvalue weighted by atomic mass is 16.7. The van der Waals surface area contributed by atoms with E-state index in [4.69, 9.17) is 9.57 Å². The Kier molecular flexibility index (Phi) is 5.79. The number of carbonyl (C=O) groups excluding carboxylic acids is 1. The van der Waals surface area contributed by atoms with E-state index in [1.165, 1.54) is 5.56 Å². The number of oxime groups is 1. The largest absolute Gasteiger partial charge is 0.497 e. The molecule has 1 amide bonds. The number of amides is 1. The maximum absolute atomic E-state index is 12.9. The second kappa shape index (κ2) is 8.32. The second-order valence-electron chi connectivity index (χ2n) is 8.78. The Morgan fingerprint density at radius 1 is 1.24 bits per heavy atom. The van der Waals surface area contributed by atoms with Crippen molar-refractivity contribution in [3.8, 4) is 5.75 Å². The van der Waals surface area contributed by atoms with Gasteiger partial charge in [0.15, 0.2) is 5.60 Å². The van der Waals surface area contributed by atoms with Gasteiger partial charge in [-0.15, -0.1) is 0 Å². The average molecular weight is 401 g/mol. The fourth-order valence-electron chi connectivity index (χ4n) is 4.67. The SMILES string of the molecule is COc1ccc(CN2CCC3(CC(C(=O)N4CCC(N(C)C)CC4)=NO3)C2)cc1.